The summed E-state index contributed by atoms with van der Waals surface area (Å²) in [6, 6.07) is 0. The summed E-state index contributed by atoms with van der Waals surface area (Å²) in [6.07, 6.45) is 0.635. The molecule has 1 N–H and O–H groups in total. The number of carbonyl (C=O) groups excluding carboxylic acids is 1. The van der Waals surface area contributed by atoms with Crippen molar-refractivity contribution in [3.8, 4) is 0 Å². The highest BCUT2D eigenvalue weighted by atomic mass is 19.1. The molecule has 0 saturated heterocycles. The topological polar surface area (TPSA) is 109 Å². The summed E-state index contributed by atoms with van der Waals surface area (Å²) in [5.41, 5.74) is -2.06. The van der Waals surface area contributed by atoms with Crippen LogP contribution in [0.25, 0.3) is 0 Å². The summed E-state index contributed by atoms with van der Waals surface area (Å²) in [7, 11) is 1.55. The molecule has 0 aliphatic rings. The second-order valence-corrected chi connectivity index (χ2v) is 3.98. The van der Waals surface area contributed by atoms with E-state index < -0.39 is 29.8 Å². The van der Waals surface area contributed by atoms with Gasteiger partial charge in [-0.3, -0.25) is 4.79 Å². The first-order chi connectivity index (χ1) is 10.6. The predicted molar refractivity (Wildman–Crippen MR) is 70.9 cm³/mol. The van der Waals surface area contributed by atoms with Crippen molar-refractivity contribution >= 4 is 5.97 Å². The van der Waals surface area contributed by atoms with Gasteiger partial charge in [-0.1, -0.05) is 0 Å². The maximum absolute atomic E-state index is 13.0. The standard InChI is InChI=1S/C12H17FN2O7/c1-19-2-3-20-4-5-21-7-10(16)22-8-15-11(17)9(13)6-14-12(15)18/h6H,2-5,7-8H2,1H3,(H,14,18). The van der Waals surface area contributed by atoms with Gasteiger partial charge >= 0.3 is 11.7 Å². The molecule has 0 amide bonds. The molecule has 0 aliphatic carbocycles. The minimum atomic E-state index is -1.18. The number of nitrogens with one attached hydrogen (secondary N) is 1. The predicted octanol–water partition coefficient (Wildman–Crippen LogP) is -1.14. The van der Waals surface area contributed by atoms with Gasteiger partial charge < -0.3 is 23.9 Å². The van der Waals surface area contributed by atoms with Crippen LogP contribution in [0.5, 0.6) is 0 Å². The maximum Gasteiger partial charge on any atom is 0.333 e. The summed E-state index contributed by atoms with van der Waals surface area (Å²) >= 11 is 0. The van der Waals surface area contributed by atoms with Crippen molar-refractivity contribution in [2.24, 2.45) is 0 Å². The Morgan fingerprint density at radius 3 is 2.64 bits per heavy atom. The van der Waals surface area contributed by atoms with Crippen LogP contribution in [-0.2, 0) is 30.5 Å². The quantitative estimate of drug-likeness (QED) is 0.428. The van der Waals surface area contributed by atoms with Crippen molar-refractivity contribution < 1.29 is 28.1 Å². The van der Waals surface area contributed by atoms with E-state index in [-0.39, 0.29) is 19.8 Å². The maximum atomic E-state index is 13.0. The average molecular weight is 320 g/mol. The molecule has 0 bridgehead atoms. The Kier molecular flexibility index (Phi) is 8.04. The fourth-order valence-corrected chi connectivity index (χ4v) is 1.30. The van der Waals surface area contributed by atoms with Crippen LogP contribution in [0.4, 0.5) is 4.39 Å². The Hall–Kier alpha value is -2.04. The van der Waals surface area contributed by atoms with Crippen LogP contribution in [0, 0.1) is 5.82 Å². The van der Waals surface area contributed by atoms with Gasteiger partial charge in [0.2, 0.25) is 5.82 Å². The largest absolute Gasteiger partial charge is 0.442 e. The van der Waals surface area contributed by atoms with E-state index in [1.807, 2.05) is 4.98 Å². The second-order valence-electron chi connectivity index (χ2n) is 3.98. The van der Waals surface area contributed by atoms with E-state index in [0.717, 1.165) is 0 Å². The molecule has 0 aromatic carbocycles. The van der Waals surface area contributed by atoms with Crippen LogP contribution < -0.4 is 11.2 Å². The van der Waals surface area contributed by atoms with Gasteiger partial charge in [-0.2, -0.15) is 4.39 Å². The van der Waals surface area contributed by atoms with Crippen LogP contribution in [-0.4, -0.2) is 55.7 Å². The van der Waals surface area contributed by atoms with E-state index in [0.29, 0.717) is 24.0 Å². The minimum absolute atomic E-state index is 0.166. The van der Waals surface area contributed by atoms with Gasteiger partial charge in [0.05, 0.1) is 26.4 Å². The van der Waals surface area contributed by atoms with Gasteiger partial charge in [0.1, 0.15) is 6.61 Å². The Bertz CT molecular complexity index is 584. The Morgan fingerprint density at radius 2 is 1.91 bits per heavy atom. The number of aromatic amines is 1. The lowest BCUT2D eigenvalue weighted by atomic mass is 10.6. The number of aromatic nitrogens is 2. The molecule has 1 heterocycles. The lowest BCUT2D eigenvalue weighted by Gasteiger charge is -2.07. The zero-order valence-corrected chi connectivity index (χ0v) is 12.0. The normalized spacial score (nSPS) is 10.6. The van der Waals surface area contributed by atoms with Crippen LogP contribution in [0.3, 0.4) is 0 Å². The summed E-state index contributed by atoms with van der Waals surface area (Å²) in [5.74, 6) is -1.95. The average Bonchev–Trinajstić information content (AvgIpc) is 2.50. The summed E-state index contributed by atoms with van der Waals surface area (Å²) < 4.78 is 32.8. The zero-order valence-electron chi connectivity index (χ0n) is 12.0. The molecule has 124 valence electrons. The lowest BCUT2D eigenvalue weighted by Crippen LogP contribution is -2.37. The summed E-state index contributed by atoms with van der Waals surface area (Å²) in [6.45, 7) is 0.238. The first-order valence-electron chi connectivity index (χ1n) is 6.34. The minimum Gasteiger partial charge on any atom is -0.442 e. The lowest BCUT2D eigenvalue weighted by molar-refractivity contribution is -0.153. The van der Waals surface area contributed by atoms with E-state index in [1.165, 1.54) is 0 Å². The number of carbonyl (C=O) groups is 1. The SMILES string of the molecule is COCCOCCOCC(=O)OCn1c(=O)[nH]cc(F)c1=O. The van der Waals surface area contributed by atoms with E-state index in [2.05, 4.69) is 4.74 Å². The van der Waals surface area contributed by atoms with E-state index in [4.69, 9.17) is 14.2 Å². The van der Waals surface area contributed by atoms with E-state index >= 15 is 0 Å². The number of nitrogens with zero attached hydrogens (tertiary/aromatic N) is 1. The highest BCUT2D eigenvalue weighted by molar-refractivity contribution is 5.70. The molecule has 1 aromatic rings. The fraction of sp³-hybridized carbons (Fsp3) is 0.583. The third-order valence-electron chi connectivity index (χ3n) is 2.40. The van der Waals surface area contributed by atoms with Gasteiger partial charge in [-0.15, -0.1) is 0 Å². The van der Waals surface area contributed by atoms with Gasteiger partial charge in [0, 0.05) is 13.3 Å². The molecule has 0 unspecified atom stereocenters. The van der Waals surface area contributed by atoms with Crippen LogP contribution in [0.15, 0.2) is 15.8 Å². The summed E-state index contributed by atoms with van der Waals surface area (Å²) in [5, 5.41) is 0. The van der Waals surface area contributed by atoms with Crippen LogP contribution in [0.2, 0.25) is 0 Å². The number of hydrogen-bond donors (Lipinski definition) is 1. The van der Waals surface area contributed by atoms with Gasteiger partial charge in [-0.05, 0) is 0 Å². The molecule has 0 saturated carbocycles. The number of halogens is 1. The molecule has 1 rings (SSSR count). The molecule has 0 aliphatic heterocycles. The Balaban J connectivity index is 2.26. The van der Waals surface area contributed by atoms with E-state index in [9.17, 15) is 18.8 Å². The zero-order chi connectivity index (χ0) is 16.4. The fourth-order valence-electron chi connectivity index (χ4n) is 1.30. The van der Waals surface area contributed by atoms with Crippen LogP contribution in [0.1, 0.15) is 0 Å². The highest BCUT2D eigenvalue weighted by Gasteiger charge is 2.09. The third kappa shape index (κ3) is 6.16. The molecule has 9 nitrogen and oxygen atoms in total. The number of esters is 1. The molecular weight excluding hydrogens is 303 g/mol. The molecule has 10 heteroatoms. The molecule has 0 atom stereocenters. The number of methoxy groups -OCH3 is 1. The molecular formula is C12H17FN2O7. The monoisotopic (exact) mass is 320 g/mol. The van der Waals surface area contributed by atoms with E-state index in [1.54, 1.807) is 7.11 Å². The Morgan fingerprint density at radius 1 is 1.23 bits per heavy atom. The number of ether oxygens (including phenoxy) is 4. The summed E-state index contributed by atoms with van der Waals surface area (Å²) in [4.78, 5) is 35.9. The van der Waals surface area contributed by atoms with Gasteiger partial charge in [-0.25, -0.2) is 14.2 Å². The molecule has 0 fully saturated rings. The number of hydrogen-bond acceptors (Lipinski definition) is 7. The van der Waals surface area contributed by atoms with Crippen molar-refractivity contribution in [2.75, 3.05) is 40.1 Å². The molecule has 22 heavy (non-hydrogen) atoms. The number of rotatable bonds is 10. The smallest absolute Gasteiger partial charge is 0.333 e. The first kappa shape index (κ1) is 18.0. The van der Waals surface area contributed by atoms with Crippen molar-refractivity contribution in [3.05, 3.63) is 32.9 Å². The first-order valence-corrected chi connectivity index (χ1v) is 6.34. The van der Waals surface area contributed by atoms with Gasteiger partial charge in [0.15, 0.2) is 6.73 Å². The second kappa shape index (κ2) is 9.82. The van der Waals surface area contributed by atoms with Crippen molar-refractivity contribution in [3.63, 3.8) is 0 Å². The highest BCUT2D eigenvalue weighted by Crippen LogP contribution is 1.87. The molecule has 0 radical (unpaired) electrons. The Labute approximate surface area is 124 Å². The van der Waals surface area contributed by atoms with Gasteiger partial charge in [0.25, 0.3) is 5.56 Å². The van der Waals surface area contributed by atoms with Crippen LogP contribution >= 0.6 is 0 Å². The molecule has 1 aromatic heterocycles. The van der Waals surface area contributed by atoms with Crippen molar-refractivity contribution in [1.82, 2.24) is 9.55 Å². The van der Waals surface area contributed by atoms with Crippen molar-refractivity contribution in [2.45, 2.75) is 6.73 Å². The number of H-pyrrole nitrogens is 1. The van der Waals surface area contributed by atoms with Crippen molar-refractivity contribution in [1.29, 1.82) is 0 Å². The third-order valence-corrected chi connectivity index (χ3v) is 2.40. The molecule has 0 spiro atoms.